The smallest absolute Gasteiger partial charge is 0.243 e. The van der Waals surface area contributed by atoms with Gasteiger partial charge in [0.25, 0.3) is 0 Å². The highest BCUT2D eigenvalue weighted by Gasteiger charge is 2.12. The lowest BCUT2D eigenvalue weighted by Crippen LogP contribution is -2.10. The van der Waals surface area contributed by atoms with E-state index in [1.54, 1.807) is 12.5 Å². The molecule has 0 radical (unpaired) electrons. The van der Waals surface area contributed by atoms with Crippen LogP contribution in [-0.4, -0.2) is 6.29 Å². The van der Waals surface area contributed by atoms with E-state index < -0.39 is 0 Å². The Hall–Kier alpha value is -1.64. The lowest BCUT2D eigenvalue weighted by atomic mass is 10.1. The summed E-state index contributed by atoms with van der Waals surface area (Å²) >= 11 is 0. The van der Waals surface area contributed by atoms with E-state index in [0.29, 0.717) is 0 Å². The third kappa shape index (κ3) is 1.93. The first-order valence-corrected chi connectivity index (χ1v) is 4.15. The third-order valence-electron chi connectivity index (χ3n) is 1.90. The van der Waals surface area contributed by atoms with E-state index in [9.17, 15) is 0 Å². The summed E-state index contributed by atoms with van der Waals surface area (Å²) in [7, 11) is 0. The summed E-state index contributed by atoms with van der Waals surface area (Å²) in [5, 5.41) is 0. The van der Waals surface area contributed by atoms with Crippen molar-refractivity contribution >= 4 is 5.69 Å². The monoisotopic (exact) mass is 177 g/mol. The van der Waals surface area contributed by atoms with E-state index in [0.717, 1.165) is 17.7 Å². The molecule has 0 spiro atoms. The van der Waals surface area contributed by atoms with Crippen LogP contribution in [0.15, 0.2) is 36.8 Å². The molecule has 0 fully saturated rings. The molecule has 0 unspecified atom stereocenters. The number of nitrogens with two attached hydrogens (primary N) is 1. The zero-order valence-corrected chi connectivity index (χ0v) is 7.14. The highest BCUT2D eigenvalue weighted by Crippen LogP contribution is 2.13. The number of ether oxygens (including phenoxy) is 2. The number of hydrogen-bond donors (Lipinski definition) is 1. The van der Waals surface area contributed by atoms with Gasteiger partial charge in [-0.3, -0.25) is 0 Å². The third-order valence-corrected chi connectivity index (χ3v) is 1.90. The van der Waals surface area contributed by atoms with Crippen LogP contribution in [-0.2, 0) is 15.9 Å². The van der Waals surface area contributed by atoms with E-state index in [2.05, 4.69) is 0 Å². The van der Waals surface area contributed by atoms with Crippen LogP contribution in [0.25, 0.3) is 0 Å². The fourth-order valence-electron chi connectivity index (χ4n) is 1.21. The van der Waals surface area contributed by atoms with Gasteiger partial charge in [-0.2, -0.15) is 0 Å². The summed E-state index contributed by atoms with van der Waals surface area (Å²) in [6.45, 7) is 0. The van der Waals surface area contributed by atoms with Crippen LogP contribution in [0, 0.1) is 0 Å². The van der Waals surface area contributed by atoms with Crippen molar-refractivity contribution in [3.05, 3.63) is 42.4 Å². The van der Waals surface area contributed by atoms with Gasteiger partial charge >= 0.3 is 0 Å². The fourth-order valence-corrected chi connectivity index (χ4v) is 1.21. The van der Waals surface area contributed by atoms with Crippen molar-refractivity contribution < 1.29 is 9.47 Å². The predicted molar refractivity (Wildman–Crippen MR) is 49.7 cm³/mol. The highest BCUT2D eigenvalue weighted by molar-refractivity contribution is 5.39. The van der Waals surface area contributed by atoms with Crippen molar-refractivity contribution in [1.29, 1.82) is 0 Å². The van der Waals surface area contributed by atoms with Crippen molar-refractivity contribution in [3.63, 3.8) is 0 Å². The lowest BCUT2D eigenvalue weighted by molar-refractivity contribution is -0.0209. The number of nitrogen functional groups attached to an aromatic ring is 1. The minimum absolute atomic E-state index is 0.177. The maximum Gasteiger partial charge on any atom is 0.243 e. The van der Waals surface area contributed by atoms with Gasteiger partial charge in [-0.15, -0.1) is 0 Å². The topological polar surface area (TPSA) is 44.5 Å². The number of rotatable bonds is 2. The maximum absolute atomic E-state index is 5.56. The largest absolute Gasteiger partial charge is 0.459 e. The molecule has 0 saturated carbocycles. The molecule has 0 atom stereocenters. The Kier molecular flexibility index (Phi) is 2.08. The molecule has 2 rings (SSSR count). The molecule has 0 aliphatic carbocycles. The normalized spacial score (nSPS) is 15.4. The quantitative estimate of drug-likeness (QED) is 0.698. The Bertz CT molecular complexity index is 297. The second-order valence-corrected chi connectivity index (χ2v) is 2.92. The van der Waals surface area contributed by atoms with Crippen LogP contribution in [0.1, 0.15) is 5.56 Å². The number of hydrogen-bond acceptors (Lipinski definition) is 3. The highest BCUT2D eigenvalue weighted by atomic mass is 16.7. The molecule has 0 saturated heterocycles. The zero-order valence-electron chi connectivity index (χ0n) is 7.14. The Morgan fingerprint density at radius 1 is 1.08 bits per heavy atom. The molecular weight excluding hydrogens is 166 g/mol. The summed E-state index contributed by atoms with van der Waals surface area (Å²) < 4.78 is 10.3. The average Bonchev–Trinajstić information content (AvgIpc) is 2.62. The van der Waals surface area contributed by atoms with Gasteiger partial charge in [0.05, 0.1) is 0 Å². The van der Waals surface area contributed by atoms with E-state index in [4.69, 9.17) is 15.2 Å². The molecule has 1 aromatic carbocycles. The van der Waals surface area contributed by atoms with Gasteiger partial charge < -0.3 is 15.2 Å². The summed E-state index contributed by atoms with van der Waals surface area (Å²) in [4.78, 5) is 0. The molecule has 0 aromatic heterocycles. The van der Waals surface area contributed by atoms with Gasteiger partial charge in [0.1, 0.15) is 12.5 Å². The van der Waals surface area contributed by atoms with Crippen LogP contribution in [0.5, 0.6) is 0 Å². The van der Waals surface area contributed by atoms with Crippen LogP contribution in [0.3, 0.4) is 0 Å². The SMILES string of the molecule is Nc1ccc(CC2OC=CO2)cc1. The first-order valence-electron chi connectivity index (χ1n) is 4.15. The molecular formula is C10H11NO2. The number of anilines is 1. The molecule has 2 N–H and O–H groups in total. The average molecular weight is 177 g/mol. The first-order chi connectivity index (χ1) is 6.34. The Morgan fingerprint density at radius 3 is 2.31 bits per heavy atom. The summed E-state index contributed by atoms with van der Waals surface area (Å²) in [5.74, 6) is 0. The minimum Gasteiger partial charge on any atom is -0.459 e. The Labute approximate surface area is 76.8 Å². The molecule has 1 aliphatic rings. The van der Waals surface area contributed by atoms with Gasteiger partial charge in [0.2, 0.25) is 6.29 Å². The van der Waals surface area contributed by atoms with Crippen molar-refractivity contribution in [2.75, 3.05) is 5.73 Å². The molecule has 68 valence electrons. The first kappa shape index (κ1) is 7.98. The van der Waals surface area contributed by atoms with Gasteiger partial charge in [-0.05, 0) is 17.7 Å². The molecule has 1 aliphatic heterocycles. The molecule has 1 heterocycles. The van der Waals surface area contributed by atoms with Crippen LogP contribution in [0.4, 0.5) is 5.69 Å². The molecule has 3 nitrogen and oxygen atoms in total. The van der Waals surface area contributed by atoms with Crippen LogP contribution >= 0.6 is 0 Å². The van der Waals surface area contributed by atoms with E-state index in [-0.39, 0.29) is 6.29 Å². The number of benzene rings is 1. The second-order valence-electron chi connectivity index (χ2n) is 2.92. The lowest BCUT2D eigenvalue weighted by Gasteiger charge is -2.09. The van der Waals surface area contributed by atoms with Crippen molar-refractivity contribution in [1.82, 2.24) is 0 Å². The van der Waals surface area contributed by atoms with Gasteiger partial charge in [-0.1, -0.05) is 12.1 Å². The fraction of sp³-hybridized carbons (Fsp3) is 0.200. The van der Waals surface area contributed by atoms with Crippen molar-refractivity contribution in [3.8, 4) is 0 Å². The summed E-state index contributed by atoms with van der Waals surface area (Å²) in [5.41, 5.74) is 7.49. The van der Waals surface area contributed by atoms with Crippen LogP contribution < -0.4 is 5.73 Å². The summed E-state index contributed by atoms with van der Waals surface area (Å²) in [6, 6.07) is 7.69. The minimum atomic E-state index is -0.177. The molecule has 0 bridgehead atoms. The van der Waals surface area contributed by atoms with Crippen LogP contribution in [0.2, 0.25) is 0 Å². The van der Waals surface area contributed by atoms with Crippen molar-refractivity contribution in [2.45, 2.75) is 12.7 Å². The van der Waals surface area contributed by atoms with E-state index >= 15 is 0 Å². The zero-order chi connectivity index (χ0) is 9.10. The van der Waals surface area contributed by atoms with Crippen molar-refractivity contribution in [2.24, 2.45) is 0 Å². The molecule has 3 heteroatoms. The van der Waals surface area contributed by atoms with Gasteiger partial charge in [0.15, 0.2) is 0 Å². The van der Waals surface area contributed by atoms with E-state index in [1.807, 2.05) is 24.3 Å². The maximum atomic E-state index is 5.56. The molecule has 1 aromatic rings. The predicted octanol–water partition coefficient (Wildman–Crippen LogP) is 1.66. The Morgan fingerprint density at radius 2 is 1.69 bits per heavy atom. The van der Waals surface area contributed by atoms with Gasteiger partial charge in [-0.25, -0.2) is 0 Å². The molecule has 0 amide bonds. The molecule has 13 heavy (non-hydrogen) atoms. The van der Waals surface area contributed by atoms with Gasteiger partial charge in [0, 0.05) is 12.1 Å². The standard InChI is InChI=1S/C10H11NO2/c11-9-3-1-8(2-4-9)7-10-12-5-6-13-10/h1-6,10H,7,11H2. The summed E-state index contributed by atoms with van der Waals surface area (Å²) in [6.07, 6.45) is 3.68. The Balaban J connectivity index is 1.97. The van der Waals surface area contributed by atoms with E-state index in [1.165, 1.54) is 0 Å². The second kappa shape index (κ2) is 3.39.